The van der Waals surface area contributed by atoms with Gasteiger partial charge < -0.3 is 79.3 Å². The van der Waals surface area contributed by atoms with Crippen molar-refractivity contribution in [1.29, 1.82) is 0 Å². The number of unbranched alkanes of at least 4 members (excludes halogenated alkanes) is 1. The van der Waals surface area contributed by atoms with Crippen LogP contribution in [0.2, 0.25) is 0 Å². The fraction of sp³-hybridized carbons (Fsp3) is 0.500. The molecule has 0 fully saturated rings. The van der Waals surface area contributed by atoms with Gasteiger partial charge in [0.2, 0.25) is 41.4 Å². The first kappa shape index (κ1) is 57.7. The summed E-state index contributed by atoms with van der Waals surface area (Å²) in [6.45, 7) is 3.51. The molecule has 0 aliphatic rings. The normalized spacial score (nSPS) is 14.5. The van der Waals surface area contributed by atoms with Gasteiger partial charge in [-0.2, -0.15) is 0 Å². The van der Waals surface area contributed by atoms with Crippen LogP contribution in [0.4, 0.5) is 0 Å². The van der Waals surface area contributed by atoms with Gasteiger partial charge >= 0.3 is 17.9 Å². The fourth-order valence-electron chi connectivity index (χ4n) is 6.47. The Labute approximate surface area is 396 Å². The van der Waals surface area contributed by atoms with Crippen molar-refractivity contribution in [1.82, 2.24) is 37.2 Å². The summed E-state index contributed by atoms with van der Waals surface area (Å²) in [5.41, 5.74) is 11.9. The smallest absolute Gasteiger partial charge is 0.326 e. The predicted octanol–water partition coefficient (Wildman–Crippen LogP) is -3.17. The first-order valence-corrected chi connectivity index (χ1v) is 21.9. The number of nitrogens with two attached hydrogens (primary N) is 2. The molecule has 0 saturated carbocycles. The standard InChI is InChI=1S/C44H63N9O16/c1-22(2)36(53-37(61)23(3)47-38(62)28(46)20-35(59)60)43(67)51-32(19-25-9-13-27(56)14-10-25)41(65)52-33(21-54)42(66)48-29(15-16-34(57)58)39(63)50-31(18-24-7-11-26(55)12-8-24)40(64)49-30(44(68)69)6-4-5-17-45/h7-14,22-23,28-33,36,54-56H,4-6,15-21,45-46H2,1-3H3,(H,47,62)(H,48,66)(H,49,64)(H,50,63)(H,51,67)(H,52,65)(H,53,61)(H,57,58)(H,59,60)(H,68,69)/t23-,28-,29-,30-,31-,32-,33-,36-/m0/s1. The second-order valence-corrected chi connectivity index (χ2v) is 16.4. The Bertz CT molecular complexity index is 2110. The third-order valence-corrected chi connectivity index (χ3v) is 10.4. The van der Waals surface area contributed by atoms with Crippen molar-refractivity contribution in [3.63, 3.8) is 0 Å². The van der Waals surface area contributed by atoms with Gasteiger partial charge in [0.05, 0.1) is 19.1 Å². The maximum Gasteiger partial charge on any atom is 0.326 e. The molecule has 0 aliphatic heterocycles. The van der Waals surface area contributed by atoms with E-state index in [-0.39, 0.29) is 37.3 Å². The van der Waals surface area contributed by atoms with Crippen LogP contribution in [0, 0.1) is 5.92 Å². The molecule has 0 saturated heterocycles. The molecule has 0 aliphatic carbocycles. The van der Waals surface area contributed by atoms with E-state index in [1.807, 2.05) is 0 Å². The van der Waals surface area contributed by atoms with E-state index in [4.69, 9.17) is 16.6 Å². The Hall–Kier alpha value is -7.38. The minimum absolute atomic E-state index is 0.00696. The summed E-state index contributed by atoms with van der Waals surface area (Å²) in [4.78, 5) is 129. The maximum atomic E-state index is 14.0. The van der Waals surface area contributed by atoms with Crippen molar-refractivity contribution >= 4 is 59.3 Å². The minimum atomic E-state index is -1.87. The van der Waals surface area contributed by atoms with Crippen LogP contribution in [-0.2, 0) is 60.8 Å². The molecule has 0 heterocycles. The molecule has 2 aromatic rings. The number of nitrogens with one attached hydrogen (secondary N) is 7. The van der Waals surface area contributed by atoms with Crippen molar-refractivity contribution in [3.8, 4) is 11.5 Å². The Morgan fingerprint density at radius 3 is 1.42 bits per heavy atom. The van der Waals surface area contributed by atoms with E-state index in [1.165, 1.54) is 55.5 Å². The van der Waals surface area contributed by atoms with Crippen LogP contribution in [0.1, 0.15) is 70.4 Å². The van der Waals surface area contributed by atoms with E-state index in [0.29, 0.717) is 24.0 Å². The van der Waals surface area contributed by atoms with Gasteiger partial charge in [-0.1, -0.05) is 38.1 Å². The number of carbonyl (C=O) groups is 10. The zero-order chi connectivity index (χ0) is 52.0. The monoisotopic (exact) mass is 973 g/mol. The summed E-state index contributed by atoms with van der Waals surface area (Å²) < 4.78 is 0. The van der Waals surface area contributed by atoms with Crippen molar-refractivity contribution in [2.75, 3.05) is 13.2 Å². The molecule has 25 heteroatoms. The molecule has 0 bridgehead atoms. The quantitative estimate of drug-likeness (QED) is 0.0343. The van der Waals surface area contributed by atoms with Crippen LogP contribution in [0.3, 0.4) is 0 Å². The van der Waals surface area contributed by atoms with Gasteiger partial charge in [-0.05, 0) is 80.5 Å². The number of carboxylic acid groups (broad SMARTS) is 3. The third-order valence-electron chi connectivity index (χ3n) is 10.4. The number of hydrogen-bond acceptors (Lipinski definition) is 15. The van der Waals surface area contributed by atoms with Crippen LogP contribution in [0.25, 0.3) is 0 Å². The lowest BCUT2D eigenvalue weighted by atomic mass is 10.00. The van der Waals surface area contributed by atoms with Crippen molar-refractivity contribution < 1.29 is 78.6 Å². The van der Waals surface area contributed by atoms with E-state index in [2.05, 4.69) is 37.2 Å². The highest BCUT2D eigenvalue weighted by atomic mass is 16.4. The van der Waals surface area contributed by atoms with Crippen LogP contribution in [0.5, 0.6) is 11.5 Å². The van der Waals surface area contributed by atoms with Crippen LogP contribution in [0.15, 0.2) is 48.5 Å². The number of aliphatic carboxylic acids is 3. The molecule has 0 spiro atoms. The molecule has 17 N–H and O–H groups in total. The molecular formula is C44H63N9O16. The number of aliphatic hydroxyl groups is 1. The van der Waals surface area contributed by atoms with Crippen molar-refractivity contribution in [3.05, 3.63) is 59.7 Å². The lowest BCUT2D eigenvalue weighted by Gasteiger charge is -2.28. The highest BCUT2D eigenvalue weighted by Gasteiger charge is 2.35. The molecular weight excluding hydrogens is 911 g/mol. The largest absolute Gasteiger partial charge is 0.508 e. The number of carbonyl (C=O) groups excluding carboxylic acids is 7. The third kappa shape index (κ3) is 20.6. The van der Waals surface area contributed by atoms with Gasteiger partial charge in [-0.3, -0.25) is 43.2 Å². The van der Waals surface area contributed by atoms with E-state index < -0.39 is 139 Å². The van der Waals surface area contributed by atoms with E-state index in [9.17, 15) is 73.5 Å². The average Bonchev–Trinajstić information content (AvgIpc) is 3.28. The molecule has 2 rings (SSSR count). The number of aromatic hydroxyl groups is 2. The summed E-state index contributed by atoms with van der Waals surface area (Å²) in [5.74, 6) is -12.2. The number of benzene rings is 2. The number of carboxylic acids is 3. The lowest BCUT2D eigenvalue weighted by Crippen LogP contribution is -2.61. The first-order chi connectivity index (χ1) is 32.4. The fourth-order valence-corrected chi connectivity index (χ4v) is 6.47. The summed E-state index contributed by atoms with van der Waals surface area (Å²) in [5, 5.41) is 74.7. The molecule has 0 aromatic heterocycles. The number of rotatable bonds is 30. The van der Waals surface area contributed by atoms with Crippen LogP contribution >= 0.6 is 0 Å². The molecule has 0 radical (unpaired) electrons. The second-order valence-electron chi connectivity index (χ2n) is 16.4. The predicted molar refractivity (Wildman–Crippen MR) is 242 cm³/mol. The maximum absolute atomic E-state index is 14.0. The zero-order valence-electron chi connectivity index (χ0n) is 38.3. The van der Waals surface area contributed by atoms with Gasteiger partial charge in [0.25, 0.3) is 0 Å². The second kappa shape index (κ2) is 28.7. The van der Waals surface area contributed by atoms with Crippen LogP contribution in [-0.4, -0.2) is 151 Å². The van der Waals surface area contributed by atoms with Gasteiger partial charge in [0.15, 0.2) is 0 Å². The van der Waals surface area contributed by atoms with E-state index in [1.54, 1.807) is 13.8 Å². The summed E-state index contributed by atoms with van der Waals surface area (Å²) in [7, 11) is 0. The average molecular weight is 974 g/mol. The van der Waals surface area contributed by atoms with Crippen molar-refractivity contribution in [2.45, 2.75) is 120 Å². The van der Waals surface area contributed by atoms with E-state index >= 15 is 0 Å². The summed E-state index contributed by atoms with van der Waals surface area (Å²) in [6, 6.07) is -1.35. The Kier molecular flexibility index (Phi) is 24.0. The Morgan fingerprint density at radius 2 is 0.971 bits per heavy atom. The highest BCUT2D eigenvalue weighted by molar-refractivity contribution is 5.98. The van der Waals surface area contributed by atoms with E-state index in [0.717, 1.165) is 0 Å². The summed E-state index contributed by atoms with van der Waals surface area (Å²) >= 11 is 0. The Morgan fingerprint density at radius 1 is 0.522 bits per heavy atom. The van der Waals surface area contributed by atoms with Gasteiger partial charge in [-0.15, -0.1) is 0 Å². The van der Waals surface area contributed by atoms with Crippen LogP contribution < -0.4 is 48.7 Å². The number of phenols is 2. The van der Waals surface area contributed by atoms with Gasteiger partial charge in [-0.25, -0.2) is 4.79 Å². The number of aliphatic hydroxyl groups excluding tert-OH is 1. The Balaban J connectivity index is 2.39. The molecule has 2 aromatic carbocycles. The number of phenolic OH excluding ortho intramolecular Hbond substituents is 2. The van der Waals surface area contributed by atoms with Gasteiger partial charge in [0, 0.05) is 19.3 Å². The molecule has 0 unspecified atom stereocenters. The van der Waals surface area contributed by atoms with Gasteiger partial charge in [0.1, 0.15) is 53.8 Å². The number of hydrogen-bond donors (Lipinski definition) is 15. The minimum Gasteiger partial charge on any atom is -0.508 e. The summed E-state index contributed by atoms with van der Waals surface area (Å²) in [6.07, 6.45) is -1.78. The topological polar surface area (TPSA) is 428 Å². The molecule has 69 heavy (non-hydrogen) atoms. The molecule has 25 nitrogen and oxygen atoms in total. The number of amides is 7. The SMILES string of the molecule is CC(C)[C@H](NC(=O)[C@H](C)NC(=O)[C@@H](N)CC(=O)O)C(=O)N[C@@H](Cc1ccc(O)cc1)C(=O)N[C@@H](CO)C(=O)N[C@@H](CCC(=O)O)C(=O)N[C@@H](Cc1ccc(O)cc1)C(=O)N[C@@H](CCCCN)C(=O)O. The molecule has 8 atom stereocenters. The molecule has 7 amide bonds. The van der Waals surface area contributed by atoms with Crippen molar-refractivity contribution in [2.24, 2.45) is 17.4 Å². The first-order valence-electron chi connectivity index (χ1n) is 21.9. The highest BCUT2D eigenvalue weighted by Crippen LogP contribution is 2.15. The lowest BCUT2D eigenvalue weighted by molar-refractivity contribution is -0.142. The zero-order valence-corrected chi connectivity index (χ0v) is 38.3. The molecule has 380 valence electrons.